The van der Waals surface area contributed by atoms with Crippen molar-refractivity contribution in [3.8, 4) is 0 Å². The highest BCUT2D eigenvalue weighted by Gasteiger charge is 2.23. The van der Waals surface area contributed by atoms with E-state index in [1.807, 2.05) is 13.8 Å². The fourth-order valence-corrected chi connectivity index (χ4v) is 1.34. The lowest BCUT2D eigenvalue weighted by Gasteiger charge is -2.25. The van der Waals surface area contributed by atoms with Gasteiger partial charge in [0.2, 0.25) is 0 Å². The minimum absolute atomic E-state index is 0.100. The summed E-state index contributed by atoms with van der Waals surface area (Å²) in [4.78, 5) is 0. The topological polar surface area (TPSA) is 90.9 Å². The van der Waals surface area contributed by atoms with Gasteiger partial charge in [-0.05, 0) is 18.9 Å². The van der Waals surface area contributed by atoms with Gasteiger partial charge >= 0.3 is 0 Å². The molecule has 5 nitrogen and oxygen atoms in total. The summed E-state index contributed by atoms with van der Waals surface area (Å²) >= 11 is 0. The van der Waals surface area contributed by atoms with Crippen molar-refractivity contribution in [1.82, 2.24) is 5.32 Å². The van der Waals surface area contributed by atoms with Crippen molar-refractivity contribution in [2.24, 2.45) is 22.2 Å². The van der Waals surface area contributed by atoms with E-state index in [2.05, 4.69) is 24.3 Å². The number of hydrogen-bond acceptors (Lipinski definition) is 4. The Bertz CT molecular complexity index is 227. The van der Waals surface area contributed by atoms with Crippen LogP contribution in [0.2, 0.25) is 0 Å². The van der Waals surface area contributed by atoms with Gasteiger partial charge in [0, 0.05) is 11.5 Å². The smallest absolute Gasteiger partial charge is 0.144 e. The first kappa shape index (κ1) is 15.2. The van der Waals surface area contributed by atoms with E-state index in [9.17, 15) is 0 Å². The number of amidine groups is 1. The normalized spacial score (nSPS) is 15.5. The summed E-state index contributed by atoms with van der Waals surface area (Å²) in [5, 5.41) is 24.0. The molecule has 0 bridgehead atoms. The summed E-state index contributed by atoms with van der Waals surface area (Å²) in [5.74, 6) is 0.622. The molecule has 5 heteroatoms. The number of rotatable bonds is 7. The van der Waals surface area contributed by atoms with Gasteiger partial charge in [-0.3, -0.25) is 0 Å². The Kier molecular flexibility index (Phi) is 6.36. The van der Waals surface area contributed by atoms with Crippen LogP contribution >= 0.6 is 0 Å². The maximum Gasteiger partial charge on any atom is 0.144 e. The number of hydrogen-bond donors (Lipinski definition) is 4. The molecule has 96 valence electrons. The number of aliphatic hydroxyl groups is 1. The van der Waals surface area contributed by atoms with Crippen molar-refractivity contribution in [2.75, 3.05) is 13.2 Å². The third-order valence-corrected chi connectivity index (χ3v) is 2.96. The second-order valence-electron chi connectivity index (χ2n) is 5.11. The molecule has 1 atom stereocenters. The molecule has 0 heterocycles. The molecule has 0 aliphatic rings. The highest BCUT2D eigenvalue weighted by Crippen LogP contribution is 2.19. The largest absolute Gasteiger partial charge is 0.409 e. The molecule has 0 saturated carbocycles. The first-order chi connectivity index (χ1) is 7.35. The Morgan fingerprint density at radius 3 is 2.38 bits per heavy atom. The number of oxime groups is 1. The molecule has 0 aliphatic carbocycles. The monoisotopic (exact) mass is 231 g/mol. The maximum absolute atomic E-state index is 9.13. The van der Waals surface area contributed by atoms with E-state index in [1.165, 1.54) is 0 Å². The Morgan fingerprint density at radius 2 is 2.00 bits per heavy atom. The standard InChI is InChI=1S/C11H25N3O2/c1-8(2)9(7-15)13-6-5-11(3,4)10(12)14-16/h8-9,13,15-16H,5-7H2,1-4H3,(H2,12,14). The maximum atomic E-state index is 9.13. The van der Waals surface area contributed by atoms with Crippen molar-refractivity contribution in [3.63, 3.8) is 0 Å². The van der Waals surface area contributed by atoms with Gasteiger partial charge < -0.3 is 21.4 Å². The van der Waals surface area contributed by atoms with E-state index >= 15 is 0 Å². The first-order valence-corrected chi connectivity index (χ1v) is 5.67. The Hall–Kier alpha value is -0.810. The molecule has 0 aromatic rings. The molecular weight excluding hydrogens is 206 g/mol. The van der Waals surface area contributed by atoms with E-state index in [1.54, 1.807) is 0 Å². The number of nitrogens with zero attached hydrogens (tertiary/aromatic N) is 1. The molecular formula is C11H25N3O2. The lowest BCUT2D eigenvalue weighted by molar-refractivity contribution is 0.207. The quantitative estimate of drug-likeness (QED) is 0.225. The molecule has 0 aromatic carbocycles. The van der Waals surface area contributed by atoms with Crippen LogP contribution in [-0.2, 0) is 0 Å². The zero-order valence-electron chi connectivity index (χ0n) is 10.7. The summed E-state index contributed by atoms with van der Waals surface area (Å²) in [7, 11) is 0. The molecule has 0 radical (unpaired) electrons. The third kappa shape index (κ3) is 4.81. The van der Waals surface area contributed by atoms with Crippen LogP contribution in [0.3, 0.4) is 0 Å². The highest BCUT2D eigenvalue weighted by molar-refractivity contribution is 5.85. The lowest BCUT2D eigenvalue weighted by Crippen LogP contribution is -2.41. The van der Waals surface area contributed by atoms with Gasteiger partial charge in [0.05, 0.1) is 6.61 Å². The number of aliphatic hydroxyl groups excluding tert-OH is 1. The van der Waals surface area contributed by atoms with Crippen molar-refractivity contribution in [2.45, 2.75) is 40.2 Å². The fourth-order valence-electron chi connectivity index (χ4n) is 1.34. The Labute approximate surface area is 97.7 Å². The van der Waals surface area contributed by atoms with Gasteiger partial charge in [0.25, 0.3) is 0 Å². The van der Waals surface area contributed by atoms with Gasteiger partial charge in [-0.15, -0.1) is 0 Å². The molecule has 1 unspecified atom stereocenters. The van der Waals surface area contributed by atoms with E-state index in [-0.39, 0.29) is 23.9 Å². The second-order valence-corrected chi connectivity index (χ2v) is 5.11. The Balaban J connectivity index is 4.06. The minimum Gasteiger partial charge on any atom is -0.409 e. The molecule has 0 aromatic heterocycles. The van der Waals surface area contributed by atoms with Crippen LogP contribution in [-0.4, -0.2) is 35.3 Å². The van der Waals surface area contributed by atoms with Crippen molar-refractivity contribution in [3.05, 3.63) is 0 Å². The average molecular weight is 231 g/mol. The van der Waals surface area contributed by atoms with Crippen LogP contribution in [0.1, 0.15) is 34.1 Å². The van der Waals surface area contributed by atoms with E-state index in [0.29, 0.717) is 5.92 Å². The number of nitrogens with two attached hydrogens (primary N) is 1. The van der Waals surface area contributed by atoms with Gasteiger partial charge in [0.15, 0.2) is 0 Å². The summed E-state index contributed by atoms with van der Waals surface area (Å²) in [5.41, 5.74) is 5.25. The van der Waals surface area contributed by atoms with Gasteiger partial charge in [0.1, 0.15) is 5.84 Å². The zero-order chi connectivity index (χ0) is 12.8. The van der Waals surface area contributed by atoms with Crippen molar-refractivity contribution in [1.29, 1.82) is 0 Å². The molecule has 0 spiro atoms. The predicted molar refractivity (Wildman–Crippen MR) is 65.5 cm³/mol. The van der Waals surface area contributed by atoms with Crippen LogP contribution in [0.4, 0.5) is 0 Å². The highest BCUT2D eigenvalue weighted by atomic mass is 16.4. The van der Waals surface area contributed by atoms with E-state index < -0.39 is 0 Å². The Morgan fingerprint density at radius 1 is 1.44 bits per heavy atom. The lowest BCUT2D eigenvalue weighted by atomic mass is 9.88. The number of nitrogens with one attached hydrogen (secondary N) is 1. The molecule has 0 fully saturated rings. The summed E-state index contributed by atoms with van der Waals surface area (Å²) in [6, 6.07) is 0.100. The second kappa shape index (κ2) is 6.70. The van der Waals surface area contributed by atoms with Crippen LogP contribution in [0, 0.1) is 11.3 Å². The fraction of sp³-hybridized carbons (Fsp3) is 0.909. The molecule has 0 rings (SSSR count). The molecule has 5 N–H and O–H groups in total. The van der Waals surface area contributed by atoms with Crippen molar-refractivity contribution >= 4 is 5.84 Å². The van der Waals surface area contributed by atoms with Gasteiger partial charge in [-0.1, -0.05) is 32.9 Å². The molecule has 0 saturated heterocycles. The van der Waals surface area contributed by atoms with Crippen LogP contribution in [0.5, 0.6) is 0 Å². The zero-order valence-corrected chi connectivity index (χ0v) is 10.7. The first-order valence-electron chi connectivity index (χ1n) is 5.67. The molecule has 0 amide bonds. The van der Waals surface area contributed by atoms with E-state index in [0.717, 1.165) is 13.0 Å². The average Bonchev–Trinajstić information content (AvgIpc) is 2.22. The molecule has 16 heavy (non-hydrogen) atoms. The molecule has 0 aliphatic heterocycles. The predicted octanol–water partition coefficient (Wildman–Crippen LogP) is 0.756. The van der Waals surface area contributed by atoms with Crippen LogP contribution in [0.25, 0.3) is 0 Å². The van der Waals surface area contributed by atoms with E-state index in [4.69, 9.17) is 16.0 Å². The van der Waals surface area contributed by atoms with Crippen LogP contribution < -0.4 is 11.1 Å². The van der Waals surface area contributed by atoms with Gasteiger partial charge in [-0.25, -0.2) is 0 Å². The summed E-state index contributed by atoms with van der Waals surface area (Å²) in [6.07, 6.45) is 0.756. The van der Waals surface area contributed by atoms with Gasteiger partial charge in [-0.2, -0.15) is 0 Å². The van der Waals surface area contributed by atoms with Crippen molar-refractivity contribution < 1.29 is 10.3 Å². The minimum atomic E-state index is -0.335. The third-order valence-electron chi connectivity index (χ3n) is 2.96. The summed E-state index contributed by atoms with van der Waals surface area (Å²) in [6.45, 7) is 8.82. The SMILES string of the molecule is CC(C)C(CO)NCCC(C)(C)C(N)=NO. The summed E-state index contributed by atoms with van der Waals surface area (Å²) < 4.78 is 0. The van der Waals surface area contributed by atoms with Crippen LogP contribution in [0.15, 0.2) is 5.16 Å².